The fourth-order valence-electron chi connectivity index (χ4n) is 2.70. The monoisotopic (exact) mass is 269 g/mol. The van der Waals surface area contributed by atoms with Gasteiger partial charge in [0.15, 0.2) is 0 Å². The lowest BCUT2D eigenvalue weighted by Gasteiger charge is -2.32. The second-order valence-electron chi connectivity index (χ2n) is 5.12. The predicted octanol–water partition coefficient (Wildman–Crippen LogP) is 2.47. The van der Waals surface area contributed by atoms with Crippen LogP contribution in [0.1, 0.15) is 24.3 Å². The van der Waals surface area contributed by atoms with Crippen LogP contribution in [0.25, 0.3) is 0 Å². The normalized spacial score (nSPS) is 19.3. The number of nitrogens with zero attached hydrogens (tertiary/aromatic N) is 1. The molecule has 1 atom stereocenters. The minimum Gasteiger partial charge on any atom is -0.481 e. The summed E-state index contributed by atoms with van der Waals surface area (Å²) < 4.78 is 26.7. The van der Waals surface area contributed by atoms with Gasteiger partial charge < -0.3 is 10.0 Å². The van der Waals surface area contributed by atoms with Crippen molar-refractivity contribution in [2.45, 2.75) is 18.8 Å². The summed E-state index contributed by atoms with van der Waals surface area (Å²) in [5.41, 5.74) is 0.0865. The molecule has 1 aromatic carbocycles. The smallest absolute Gasteiger partial charge is 0.311 e. The van der Waals surface area contributed by atoms with E-state index in [2.05, 4.69) is 4.90 Å². The molecule has 1 aliphatic rings. The summed E-state index contributed by atoms with van der Waals surface area (Å²) in [4.78, 5) is 13.6. The van der Waals surface area contributed by atoms with Crippen molar-refractivity contribution >= 4 is 5.97 Å². The third-order valence-electron chi connectivity index (χ3n) is 3.80. The van der Waals surface area contributed by atoms with Crippen LogP contribution in [0.2, 0.25) is 0 Å². The molecule has 1 unspecified atom stereocenters. The second-order valence-corrected chi connectivity index (χ2v) is 5.12. The summed E-state index contributed by atoms with van der Waals surface area (Å²) in [6.45, 7) is 1.61. The predicted molar refractivity (Wildman–Crippen MR) is 67.0 cm³/mol. The molecule has 3 nitrogen and oxygen atoms in total. The minimum absolute atomic E-state index is 0.0865. The van der Waals surface area contributed by atoms with Crippen LogP contribution in [0.3, 0.4) is 0 Å². The van der Waals surface area contributed by atoms with Crippen LogP contribution < -0.4 is 0 Å². The van der Waals surface area contributed by atoms with E-state index in [1.165, 1.54) is 6.07 Å². The number of likely N-dealkylation sites (tertiary alicyclic amines) is 1. The van der Waals surface area contributed by atoms with Crippen molar-refractivity contribution in [3.05, 3.63) is 35.4 Å². The molecular weight excluding hydrogens is 252 g/mol. The first-order chi connectivity index (χ1) is 8.99. The van der Waals surface area contributed by atoms with Crippen molar-refractivity contribution in [1.29, 1.82) is 0 Å². The van der Waals surface area contributed by atoms with Crippen LogP contribution in [0.5, 0.6) is 0 Å². The number of hydrogen-bond acceptors (Lipinski definition) is 2. The van der Waals surface area contributed by atoms with E-state index in [0.29, 0.717) is 12.8 Å². The Morgan fingerprint density at radius 2 is 2.00 bits per heavy atom. The van der Waals surface area contributed by atoms with Crippen LogP contribution >= 0.6 is 0 Å². The van der Waals surface area contributed by atoms with Gasteiger partial charge in [-0.25, -0.2) is 8.78 Å². The molecule has 0 aromatic heterocycles. The molecule has 1 fully saturated rings. The SMILES string of the molecule is CN1CCC(C(C(=O)O)c2ccc(F)cc2F)CC1. The zero-order chi connectivity index (χ0) is 14.0. The number of hydrogen-bond donors (Lipinski definition) is 1. The lowest BCUT2D eigenvalue weighted by Crippen LogP contribution is -2.35. The highest BCUT2D eigenvalue weighted by Gasteiger charge is 2.33. The summed E-state index contributed by atoms with van der Waals surface area (Å²) in [6, 6.07) is 3.12. The maximum absolute atomic E-state index is 13.8. The van der Waals surface area contributed by atoms with Crippen LogP contribution in [-0.2, 0) is 4.79 Å². The first-order valence-corrected chi connectivity index (χ1v) is 6.35. The van der Waals surface area contributed by atoms with Crippen molar-refractivity contribution in [1.82, 2.24) is 4.90 Å². The number of halogens is 2. The van der Waals surface area contributed by atoms with E-state index in [1.807, 2.05) is 7.05 Å². The zero-order valence-corrected chi connectivity index (χ0v) is 10.8. The van der Waals surface area contributed by atoms with Crippen molar-refractivity contribution < 1.29 is 18.7 Å². The molecule has 0 saturated carbocycles. The van der Waals surface area contributed by atoms with Crippen LogP contribution in [0.4, 0.5) is 8.78 Å². The van der Waals surface area contributed by atoms with Crippen LogP contribution in [0, 0.1) is 17.6 Å². The van der Waals surface area contributed by atoms with Gasteiger partial charge in [-0.3, -0.25) is 4.79 Å². The van der Waals surface area contributed by atoms with E-state index in [1.54, 1.807) is 0 Å². The van der Waals surface area contributed by atoms with Crippen molar-refractivity contribution in [3.8, 4) is 0 Å². The van der Waals surface area contributed by atoms with Gasteiger partial charge >= 0.3 is 5.97 Å². The third-order valence-corrected chi connectivity index (χ3v) is 3.80. The number of benzene rings is 1. The Balaban J connectivity index is 2.27. The fraction of sp³-hybridized carbons (Fsp3) is 0.500. The Morgan fingerprint density at radius 3 is 2.53 bits per heavy atom. The van der Waals surface area contributed by atoms with Crippen molar-refractivity contribution in [2.24, 2.45) is 5.92 Å². The standard InChI is InChI=1S/C14H17F2NO2/c1-17-6-4-9(5-7-17)13(14(18)19)11-3-2-10(15)8-12(11)16/h2-3,8-9,13H,4-7H2,1H3,(H,18,19). The molecule has 0 amide bonds. The van der Waals surface area contributed by atoms with Gasteiger partial charge in [-0.1, -0.05) is 6.07 Å². The molecule has 0 aliphatic carbocycles. The largest absolute Gasteiger partial charge is 0.481 e. The number of rotatable bonds is 3. The topological polar surface area (TPSA) is 40.5 Å². The highest BCUT2D eigenvalue weighted by Crippen LogP contribution is 2.34. The molecule has 0 radical (unpaired) electrons. The molecule has 1 aromatic rings. The Bertz CT molecular complexity index is 471. The molecule has 1 N–H and O–H groups in total. The Kier molecular flexibility index (Phi) is 4.14. The van der Waals surface area contributed by atoms with Gasteiger partial charge in [0.25, 0.3) is 0 Å². The molecule has 5 heteroatoms. The minimum atomic E-state index is -1.04. The first kappa shape index (κ1) is 13.9. The first-order valence-electron chi connectivity index (χ1n) is 6.35. The van der Waals surface area contributed by atoms with Crippen molar-refractivity contribution in [3.63, 3.8) is 0 Å². The summed E-state index contributed by atoms with van der Waals surface area (Å²) in [5, 5.41) is 9.36. The average molecular weight is 269 g/mol. The molecule has 0 spiro atoms. The van der Waals surface area contributed by atoms with E-state index in [9.17, 15) is 18.7 Å². The molecule has 1 aliphatic heterocycles. The Hall–Kier alpha value is -1.49. The molecular formula is C14H17F2NO2. The van der Waals surface area contributed by atoms with E-state index in [-0.39, 0.29) is 11.5 Å². The summed E-state index contributed by atoms with van der Waals surface area (Å²) >= 11 is 0. The van der Waals surface area contributed by atoms with E-state index < -0.39 is 23.5 Å². The molecule has 0 bridgehead atoms. The number of carboxylic acids is 1. The number of carboxylic acid groups (broad SMARTS) is 1. The Morgan fingerprint density at radius 1 is 1.37 bits per heavy atom. The average Bonchev–Trinajstić information content (AvgIpc) is 2.34. The van der Waals surface area contributed by atoms with Gasteiger partial charge in [0.1, 0.15) is 11.6 Å². The highest BCUT2D eigenvalue weighted by molar-refractivity contribution is 5.76. The lowest BCUT2D eigenvalue weighted by molar-refractivity contribution is -0.140. The maximum Gasteiger partial charge on any atom is 0.311 e. The number of carbonyl (C=O) groups is 1. The molecule has 1 heterocycles. The van der Waals surface area contributed by atoms with Gasteiger partial charge in [0, 0.05) is 11.6 Å². The highest BCUT2D eigenvalue weighted by atomic mass is 19.1. The van der Waals surface area contributed by atoms with E-state index in [0.717, 1.165) is 25.2 Å². The fourth-order valence-corrected chi connectivity index (χ4v) is 2.70. The second kappa shape index (κ2) is 5.65. The van der Waals surface area contributed by atoms with Crippen LogP contribution in [-0.4, -0.2) is 36.1 Å². The quantitative estimate of drug-likeness (QED) is 0.916. The lowest BCUT2D eigenvalue weighted by atomic mass is 9.80. The van der Waals surface area contributed by atoms with Gasteiger partial charge in [-0.15, -0.1) is 0 Å². The summed E-state index contributed by atoms with van der Waals surface area (Å²) in [6.07, 6.45) is 1.43. The number of aliphatic carboxylic acids is 1. The van der Waals surface area contributed by atoms with Gasteiger partial charge in [0.2, 0.25) is 0 Å². The van der Waals surface area contributed by atoms with Gasteiger partial charge in [-0.2, -0.15) is 0 Å². The molecule has 2 rings (SSSR count). The molecule has 104 valence electrons. The summed E-state index contributed by atoms with van der Waals surface area (Å²) in [7, 11) is 1.98. The van der Waals surface area contributed by atoms with E-state index in [4.69, 9.17) is 0 Å². The summed E-state index contributed by atoms with van der Waals surface area (Å²) in [5.74, 6) is -3.50. The van der Waals surface area contributed by atoms with Crippen LogP contribution in [0.15, 0.2) is 18.2 Å². The van der Waals surface area contributed by atoms with E-state index >= 15 is 0 Å². The van der Waals surface area contributed by atoms with Gasteiger partial charge in [0.05, 0.1) is 5.92 Å². The number of piperidine rings is 1. The third kappa shape index (κ3) is 3.10. The molecule has 19 heavy (non-hydrogen) atoms. The van der Waals surface area contributed by atoms with Gasteiger partial charge in [-0.05, 0) is 45.0 Å². The zero-order valence-electron chi connectivity index (χ0n) is 10.8. The van der Waals surface area contributed by atoms with Crippen molar-refractivity contribution in [2.75, 3.05) is 20.1 Å². The molecule has 1 saturated heterocycles. The maximum atomic E-state index is 13.8. The Labute approximate surface area is 110 Å².